The van der Waals surface area contributed by atoms with Crippen LogP contribution in [-0.4, -0.2) is 48.9 Å². The molecule has 2 rings (SSSR count). The van der Waals surface area contributed by atoms with Gasteiger partial charge in [0.2, 0.25) is 5.91 Å². The van der Waals surface area contributed by atoms with Gasteiger partial charge in [-0.15, -0.1) is 22.9 Å². The van der Waals surface area contributed by atoms with Gasteiger partial charge >= 0.3 is 0 Å². The number of aromatic nitrogens is 1. The lowest BCUT2D eigenvalue weighted by molar-refractivity contribution is -0.116. The highest BCUT2D eigenvalue weighted by Crippen LogP contribution is 2.28. The molecule has 7 heteroatoms. The van der Waals surface area contributed by atoms with E-state index in [-0.39, 0.29) is 11.8 Å². The molecule has 0 radical (unpaired) electrons. The maximum Gasteiger partial charge on any atom is 0.243 e. The van der Waals surface area contributed by atoms with Crippen LogP contribution in [0.15, 0.2) is 29.6 Å². The van der Waals surface area contributed by atoms with E-state index in [1.54, 1.807) is 4.90 Å². The Kier molecular flexibility index (Phi) is 6.84. The molecule has 0 saturated carbocycles. The van der Waals surface area contributed by atoms with E-state index in [0.29, 0.717) is 16.7 Å². The lowest BCUT2D eigenvalue weighted by Crippen LogP contribution is -2.34. The molecule has 1 amide bonds. The lowest BCUT2D eigenvalue weighted by atomic mass is 10.2. The van der Waals surface area contributed by atoms with Crippen LogP contribution in [0.3, 0.4) is 0 Å². The number of carbonyl (C=O) groups excluding carboxylic acids is 1. The van der Waals surface area contributed by atoms with Gasteiger partial charge in [0.15, 0.2) is 5.13 Å². The number of carbonyl (C=O) groups is 1. The average Bonchev–Trinajstić information content (AvgIpc) is 3.01. The van der Waals surface area contributed by atoms with Crippen molar-refractivity contribution in [3.63, 3.8) is 0 Å². The summed E-state index contributed by atoms with van der Waals surface area (Å²) in [4.78, 5) is 20.4. The van der Waals surface area contributed by atoms with Crippen LogP contribution in [0.2, 0.25) is 5.02 Å². The molecule has 0 fully saturated rings. The smallest absolute Gasteiger partial charge is 0.243 e. The molecule has 0 aliphatic heterocycles. The Hall–Kier alpha value is -1.14. The summed E-state index contributed by atoms with van der Waals surface area (Å²) in [6.45, 7) is 1.51. The summed E-state index contributed by atoms with van der Waals surface area (Å²) < 4.78 is 0. The number of benzene rings is 1. The Morgan fingerprint density at radius 2 is 1.91 bits per heavy atom. The van der Waals surface area contributed by atoms with Crippen LogP contribution in [0.1, 0.15) is 6.42 Å². The van der Waals surface area contributed by atoms with Crippen LogP contribution >= 0.6 is 34.5 Å². The molecule has 2 aromatic rings. The van der Waals surface area contributed by atoms with Gasteiger partial charge in [-0.2, -0.15) is 0 Å². The highest BCUT2D eigenvalue weighted by atomic mass is 35.5. The third-order valence-electron chi connectivity index (χ3n) is 3.27. The number of alkyl halides is 1. The van der Waals surface area contributed by atoms with Gasteiger partial charge in [0.25, 0.3) is 0 Å². The van der Waals surface area contributed by atoms with Crippen molar-refractivity contribution in [1.82, 2.24) is 9.88 Å². The van der Waals surface area contributed by atoms with Gasteiger partial charge in [0.1, 0.15) is 5.88 Å². The Labute approximate surface area is 150 Å². The van der Waals surface area contributed by atoms with E-state index >= 15 is 0 Å². The van der Waals surface area contributed by atoms with Crippen molar-refractivity contribution in [3.05, 3.63) is 34.7 Å². The molecule has 0 aliphatic rings. The Morgan fingerprint density at radius 1 is 1.22 bits per heavy atom. The van der Waals surface area contributed by atoms with E-state index in [2.05, 4.69) is 9.88 Å². The molecular weight excluding hydrogens is 353 g/mol. The minimum Gasteiger partial charge on any atom is -0.309 e. The topological polar surface area (TPSA) is 36.4 Å². The van der Waals surface area contributed by atoms with Crippen molar-refractivity contribution >= 4 is 45.6 Å². The molecule has 23 heavy (non-hydrogen) atoms. The summed E-state index contributed by atoms with van der Waals surface area (Å²) in [5.41, 5.74) is 1.81. The van der Waals surface area contributed by atoms with E-state index in [9.17, 15) is 4.79 Å². The molecule has 0 N–H and O–H groups in total. The van der Waals surface area contributed by atoms with E-state index in [1.165, 1.54) is 11.3 Å². The van der Waals surface area contributed by atoms with Gasteiger partial charge < -0.3 is 4.90 Å². The molecular formula is C16H19Cl2N3OS. The normalized spacial score (nSPS) is 11.0. The number of hydrogen-bond donors (Lipinski definition) is 0. The zero-order valence-electron chi connectivity index (χ0n) is 13.1. The first kappa shape index (κ1) is 18.2. The molecule has 1 aromatic heterocycles. The van der Waals surface area contributed by atoms with Gasteiger partial charge in [0.05, 0.1) is 5.69 Å². The number of halogens is 2. The first-order valence-corrected chi connectivity index (χ1v) is 9.03. The number of hydrogen-bond acceptors (Lipinski definition) is 4. The summed E-state index contributed by atoms with van der Waals surface area (Å²) in [6.07, 6.45) is 0.867. The van der Waals surface area contributed by atoms with E-state index < -0.39 is 0 Å². The minimum atomic E-state index is -0.123. The fourth-order valence-corrected chi connectivity index (χ4v) is 3.23. The van der Waals surface area contributed by atoms with Crippen LogP contribution < -0.4 is 4.90 Å². The second-order valence-electron chi connectivity index (χ2n) is 5.36. The van der Waals surface area contributed by atoms with E-state index in [4.69, 9.17) is 23.2 Å². The fourth-order valence-electron chi connectivity index (χ4n) is 2.09. The molecule has 0 saturated heterocycles. The third-order valence-corrected chi connectivity index (χ3v) is 4.61. The fraction of sp³-hybridized carbons (Fsp3) is 0.375. The Balaban J connectivity index is 2.15. The molecule has 0 atom stereocenters. The predicted octanol–water partition coefficient (Wildman–Crippen LogP) is 3.99. The quantitative estimate of drug-likeness (QED) is 0.690. The largest absolute Gasteiger partial charge is 0.309 e. The van der Waals surface area contributed by atoms with Crippen molar-refractivity contribution in [2.75, 3.05) is 38.0 Å². The van der Waals surface area contributed by atoms with Crippen LogP contribution in [0, 0.1) is 0 Å². The van der Waals surface area contributed by atoms with Crippen LogP contribution in [0.4, 0.5) is 5.13 Å². The first-order chi connectivity index (χ1) is 11.0. The van der Waals surface area contributed by atoms with Gasteiger partial charge in [-0.3, -0.25) is 9.69 Å². The Bertz CT molecular complexity index is 643. The number of amides is 1. The van der Waals surface area contributed by atoms with E-state index in [1.807, 2.05) is 43.7 Å². The third kappa shape index (κ3) is 5.18. The molecule has 0 unspecified atom stereocenters. The van der Waals surface area contributed by atoms with Crippen molar-refractivity contribution in [3.8, 4) is 11.3 Å². The SMILES string of the molecule is CN(C)CCCN(C(=O)CCl)c1nc(-c2ccc(Cl)cc2)cs1. The number of nitrogens with zero attached hydrogens (tertiary/aromatic N) is 3. The molecule has 124 valence electrons. The number of anilines is 1. The predicted molar refractivity (Wildman–Crippen MR) is 98.8 cm³/mol. The van der Waals surface area contributed by atoms with Crippen LogP contribution in [0.5, 0.6) is 0 Å². The van der Waals surface area contributed by atoms with Crippen molar-refractivity contribution in [1.29, 1.82) is 0 Å². The summed E-state index contributed by atoms with van der Waals surface area (Å²) in [7, 11) is 4.02. The maximum absolute atomic E-state index is 12.1. The van der Waals surface area contributed by atoms with Crippen LogP contribution in [0.25, 0.3) is 11.3 Å². The minimum absolute atomic E-state index is 0.0438. The lowest BCUT2D eigenvalue weighted by Gasteiger charge is -2.19. The van der Waals surface area contributed by atoms with Gasteiger partial charge in [-0.05, 0) is 39.2 Å². The Morgan fingerprint density at radius 3 is 2.52 bits per heavy atom. The molecule has 0 spiro atoms. The maximum atomic E-state index is 12.1. The van der Waals surface area contributed by atoms with Crippen molar-refractivity contribution in [2.24, 2.45) is 0 Å². The molecule has 0 aliphatic carbocycles. The summed E-state index contributed by atoms with van der Waals surface area (Å²) in [5, 5.41) is 3.31. The monoisotopic (exact) mass is 371 g/mol. The van der Waals surface area contributed by atoms with Crippen molar-refractivity contribution in [2.45, 2.75) is 6.42 Å². The van der Waals surface area contributed by atoms with E-state index in [0.717, 1.165) is 24.2 Å². The highest BCUT2D eigenvalue weighted by Gasteiger charge is 2.18. The summed E-state index contributed by atoms with van der Waals surface area (Å²) in [5.74, 6) is -0.167. The molecule has 1 heterocycles. The highest BCUT2D eigenvalue weighted by molar-refractivity contribution is 7.14. The number of thiazole rings is 1. The average molecular weight is 372 g/mol. The van der Waals surface area contributed by atoms with Gasteiger partial charge in [-0.1, -0.05) is 23.7 Å². The zero-order chi connectivity index (χ0) is 16.8. The summed E-state index contributed by atoms with van der Waals surface area (Å²) >= 11 is 13.1. The second-order valence-corrected chi connectivity index (χ2v) is 6.90. The molecule has 1 aromatic carbocycles. The van der Waals surface area contributed by atoms with Gasteiger partial charge in [0, 0.05) is 22.5 Å². The summed E-state index contributed by atoms with van der Waals surface area (Å²) in [6, 6.07) is 7.49. The van der Waals surface area contributed by atoms with Gasteiger partial charge in [-0.25, -0.2) is 4.98 Å². The first-order valence-electron chi connectivity index (χ1n) is 7.24. The molecule has 0 bridgehead atoms. The second kappa shape index (κ2) is 8.64. The molecule has 4 nitrogen and oxygen atoms in total. The number of rotatable bonds is 7. The van der Waals surface area contributed by atoms with Crippen LogP contribution in [-0.2, 0) is 4.79 Å². The van der Waals surface area contributed by atoms with Crippen molar-refractivity contribution < 1.29 is 4.79 Å². The standard InChI is InChI=1S/C16H19Cl2N3OS/c1-20(2)8-3-9-21(15(22)10-17)16-19-14(11-23-16)12-4-6-13(18)7-5-12/h4-7,11H,3,8-10H2,1-2H3. The zero-order valence-corrected chi connectivity index (χ0v) is 15.5.